The molecule has 8 nitrogen and oxygen atoms in total. The lowest BCUT2D eigenvalue weighted by Gasteiger charge is -2.33. The van der Waals surface area contributed by atoms with E-state index in [0.29, 0.717) is 48.8 Å². The largest absolute Gasteiger partial charge is 0.493 e. The molecule has 0 aliphatic rings. The number of aliphatic carboxylic acids is 1. The molecule has 0 heterocycles. The maximum atomic E-state index is 12.2. The van der Waals surface area contributed by atoms with Crippen molar-refractivity contribution in [2.45, 2.75) is 51.1 Å². The molecular weight excluding hydrogens is 460 g/mol. The van der Waals surface area contributed by atoms with Crippen molar-refractivity contribution >= 4 is 5.97 Å². The molecule has 0 saturated heterocycles. The van der Waals surface area contributed by atoms with Crippen LogP contribution < -0.4 is 18.9 Å². The molecule has 196 valence electrons. The van der Waals surface area contributed by atoms with Crippen molar-refractivity contribution in [1.82, 2.24) is 4.90 Å². The SMILES string of the molecule is COc1ccc(CN(C)C(CCCC(C#N)(c2ccc(OC)c(OC)c2)C(C)C)C(=O)O)cc1OC. The van der Waals surface area contributed by atoms with Crippen molar-refractivity contribution in [1.29, 1.82) is 5.26 Å². The molecule has 0 spiro atoms. The van der Waals surface area contributed by atoms with E-state index in [2.05, 4.69) is 6.07 Å². The number of ether oxygens (including phenoxy) is 4. The molecule has 2 rings (SSSR count). The number of carboxylic acid groups (broad SMARTS) is 1. The molecule has 0 aromatic heterocycles. The zero-order valence-electron chi connectivity index (χ0n) is 22.3. The summed E-state index contributed by atoms with van der Waals surface area (Å²) in [6.45, 7) is 4.45. The number of nitrogens with zero attached hydrogens (tertiary/aromatic N) is 2. The van der Waals surface area contributed by atoms with E-state index in [0.717, 1.165) is 11.1 Å². The van der Waals surface area contributed by atoms with Gasteiger partial charge in [-0.05, 0) is 67.6 Å². The Hall–Kier alpha value is -3.44. The van der Waals surface area contributed by atoms with Crippen LogP contribution in [0.15, 0.2) is 36.4 Å². The van der Waals surface area contributed by atoms with Gasteiger partial charge in [0, 0.05) is 6.54 Å². The van der Waals surface area contributed by atoms with Crippen LogP contribution in [0.25, 0.3) is 0 Å². The lowest BCUT2D eigenvalue weighted by molar-refractivity contribution is -0.143. The molecule has 8 heteroatoms. The Kier molecular flexibility index (Phi) is 10.4. The molecular formula is C28H38N2O6. The Bertz CT molecular complexity index is 1060. The summed E-state index contributed by atoms with van der Waals surface area (Å²) in [7, 11) is 8.08. The average Bonchev–Trinajstić information content (AvgIpc) is 2.87. The minimum absolute atomic E-state index is 0.00775. The van der Waals surface area contributed by atoms with Crippen molar-refractivity contribution in [2.24, 2.45) is 5.92 Å². The van der Waals surface area contributed by atoms with E-state index in [4.69, 9.17) is 18.9 Å². The topological polar surface area (TPSA) is 101 Å². The van der Waals surface area contributed by atoms with E-state index < -0.39 is 17.4 Å². The fourth-order valence-corrected chi connectivity index (χ4v) is 4.61. The Morgan fingerprint density at radius 2 is 1.53 bits per heavy atom. The molecule has 0 radical (unpaired) electrons. The van der Waals surface area contributed by atoms with Crippen molar-refractivity contribution < 1.29 is 28.8 Å². The zero-order chi connectivity index (χ0) is 26.9. The van der Waals surface area contributed by atoms with Crippen LogP contribution in [-0.2, 0) is 16.8 Å². The molecule has 0 aliphatic heterocycles. The van der Waals surface area contributed by atoms with Gasteiger partial charge in [-0.15, -0.1) is 0 Å². The number of hydrogen-bond acceptors (Lipinski definition) is 7. The second-order valence-electron chi connectivity index (χ2n) is 9.16. The van der Waals surface area contributed by atoms with E-state index in [1.165, 1.54) is 0 Å². The Morgan fingerprint density at radius 1 is 0.972 bits per heavy atom. The molecule has 0 fully saturated rings. The number of carboxylic acids is 1. The predicted molar refractivity (Wildman–Crippen MR) is 138 cm³/mol. The monoisotopic (exact) mass is 498 g/mol. The smallest absolute Gasteiger partial charge is 0.320 e. The maximum absolute atomic E-state index is 12.2. The van der Waals surface area contributed by atoms with Crippen LogP contribution in [0.1, 0.15) is 44.2 Å². The van der Waals surface area contributed by atoms with E-state index in [-0.39, 0.29) is 5.92 Å². The van der Waals surface area contributed by atoms with Crippen molar-refractivity contribution in [2.75, 3.05) is 35.5 Å². The zero-order valence-corrected chi connectivity index (χ0v) is 22.3. The quantitative estimate of drug-likeness (QED) is 0.393. The number of benzene rings is 2. The minimum Gasteiger partial charge on any atom is -0.493 e. The normalized spacial score (nSPS) is 13.6. The molecule has 2 unspecified atom stereocenters. The number of rotatable bonds is 14. The molecule has 2 aromatic rings. The highest BCUT2D eigenvalue weighted by atomic mass is 16.5. The van der Waals surface area contributed by atoms with E-state index in [1.54, 1.807) is 41.6 Å². The van der Waals surface area contributed by atoms with Crippen LogP contribution in [-0.4, -0.2) is 57.5 Å². The van der Waals surface area contributed by atoms with Gasteiger partial charge in [0.2, 0.25) is 0 Å². The third-order valence-electron chi connectivity index (χ3n) is 6.83. The summed E-state index contributed by atoms with van der Waals surface area (Å²) < 4.78 is 21.5. The summed E-state index contributed by atoms with van der Waals surface area (Å²) in [5, 5.41) is 20.3. The van der Waals surface area contributed by atoms with E-state index in [9.17, 15) is 15.2 Å². The fourth-order valence-electron chi connectivity index (χ4n) is 4.61. The van der Waals surface area contributed by atoms with Crippen LogP contribution in [0.5, 0.6) is 23.0 Å². The van der Waals surface area contributed by atoms with Crippen molar-refractivity contribution in [3.05, 3.63) is 47.5 Å². The Labute approximate surface area is 214 Å². The molecule has 0 saturated carbocycles. The molecule has 2 atom stereocenters. The first-order valence-electron chi connectivity index (χ1n) is 11.9. The lowest BCUT2D eigenvalue weighted by atomic mass is 9.69. The van der Waals surface area contributed by atoms with Gasteiger partial charge >= 0.3 is 5.97 Å². The number of hydrogen-bond donors (Lipinski definition) is 1. The van der Waals surface area contributed by atoms with Gasteiger partial charge in [-0.3, -0.25) is 9.69 Å². The maximum Gasteiger partial charge on any atom is 0.320 e. The summed E-state index contributed by atoms with van der Waals surface area (Å²) in [6, 6.07) is 12.9. The molecule has 2 aromatic carbocycles. The minimum atomic E-state index is -0.892. The van der Waals surface area contributed by atoms with Gasteiger partial charge in [0.25, 0.3) is 0 Å². The van der Waals surface area contributed by atoms with E-state index >= 15 is 0 Å². The number of likely N-dealkylation sites (N-methyl/N-ethyl adjacent to an activating group) is 1. The van der Waals surface area contributed by atoms with Crippen LogP contribution in [0.2, 0.25) is 0 Å². The lowest BCUT2D eigenvalue weighted by Crippen LogP contribution is -2.38. The highest BCUT2D eigenvalue weighted by Gasteiger charge is 2.37. The van der Waals surface area contributed by atoms with Gasteiger partial charge in [-0.2, -0.15) is 5.26 Å². The summed E-state index contributed by atoms with van der Waals surface area (Å²) in [5.74, 6) is 1.49. The predicted octanol–water partition coefficient (Wildman–Crippen LogP) is 4.89. The molecule has 0 bridgehead atoms. The fraction of sp³-hybridized carbons (Fsp3) is 0.500. The Morgan fingerprint density at radius 3 is 2.03 bits per heavy atom. The van der Waals surface area contributed by atoms with Gasteiger partial charge in [0.05, 0.1) is 39.9 Å². The number of methoxy groups -OCH3 is 4. The number of nitriles is 1. The summed E-state index contributed by atoms with van der Waals surface area (Å²) >= 11 is 0. The van der Waals surface area contributed by atoms with Gasteiger partial charge in [-0.25, -0.2) is 0 Å². The van der Waals surface area contributed by atoms with E-state index in [1.807, 2.05) is 49.1 Å². The van der Waals surface area contributed by atoms with Crippen LogP contribution in [0.4, 0.5) is 0 Å². The standard InChI is InChI=1S/C28H38N2O6/c1-19(2)28(18-29,21-11-13-24(34-5)26(16-21)36-7)14-8-9-22(27(31)32)30(3)17-20-10-12-23(33-4)25(15-20)35-6/h10-13,15-16,19,22H,8-9,14,17H2,1-7H3,(H,31,32). The van der Waals surface area contributed by atoms with Gasteiger partial charge in [0.1, 0.15) is 6.04 Å². The number of carbonyl (C=O) groups is 1. The molecule has 1 N–H and O–H groups in total. The Balaban J connectivity index is 2.20. The van der Waals surface area contributed by atoms with Gasteiger partial charge in [0.15, 0.2) is 23.0 Å². The first-order valence-corrected chi connectivity index (χ1v) is 11.9. The van der Waals surface area contributed by atoms with Crippen molar-refractivity contribution in [3.8, 4) is 29.1 Å². The molecule has 36 heavy (non-hydrogen) atoms. The third kappa shape index (κ3) is 6.41. The van der Waals surface area contributed by atoms with Crippen LogP contribution in [0, 0.1) is 17.2 Å². The molecule has 0 aliphatic carbocycles. The average molecular weight is 499 g/mol. The highest BCUT2D eigenvalue weighted by Crippen LogP contribution is 2.41. The highest BCUT2D eigenvalue weighted by molar-refractivity contribution is 5.73. The molecule has 0 amide bonds. The van der Waals surface area contributed by atoms with Gasteiger partial charge < -0.3 is 24.1 Å². The third-order valence-corrected chi connectivity index (χ3v) is 6.83. The van der Waals surface area contributed by atoms with Crippen LogP contribution in [0.3, 0.4) is 0 Å². The van der Waals surface area contributed by atoms with Gasteiger partial charge in [-0.1, -0.05) is 26.0 Å². The first kappa shape index (κ1) is 28.8. The van der Waals surface area contributed by atoms with Crippen molar-refractivity contribution in [3.63, 3.8) is 0 Å². The second kappa shape index (κ2) is 13.0. The summed E-state index contributed by atoms with van der Waals surface area (Å²) in [6.07, 6.45) is 1.49. The second-order valence-corrected chi connectivity index (χ2v) is 9.16. The summed E-state index contributed by atoms with van der Waals surface area (Å²) in [4.78, 5) is 14.0. The summed E-state index contributed by atoms with van der Waals surface area (Å²) in [5.41, 5.74) is 0.966. The first-order chi connectivity index (χ1) is 17.2. The van der Waals surface area contributed by atoms with Crippen LogP contribution >= 0.6 is 0 Å².